The number of rotatable bonds is 11. The molecule has 2 fully saturated rings. The number of carbonyl (C=O) groups excluding carboxylic acids is 1. The molecule has 2 aliphatic rings. The number of hydrogen-bond donors (Lipinski definition) is 1. The fourth-order valence-electron chi connectivity index (χ4n) is 6.32. The second-order valence-corrected chi connectivity index (χ2v) is 14.5. The summed E-state index contributed by atoms with van der Waals surface area (Å²) in [5.74, 6) is 1.46. The fourth-order valence-corrected chi connectivity index (χ4v) is 6.32. The number of ketones is 1. The Kier molecular flexibility index (Phi) is 8.89. The molecule has 49 heavy (non-hydrogen) atoms. The largest absolute Gasteiger partial charge is 0.416 e. The summed E-state index contributed by atoms with van der Waals surface area (Å²) in [5, 5.41) is 8.39. The number of aryl methyl sites for hydroxylation is 1. The molecule has 262 valence electrons. The number of halogens is 6. The third-order valence-corrected chi connectivity index (χ3v) is 9.06. The molecule has 8 nitrogen and oxygen atoms in total. The molecular formula is C35H39F6N7O. The van der Waals surface area contributed by atoms with Crippen molar-refractivity contribution < 1.29 is 31.1 Å². The molecule has 2 aliphatic carbocycles. The Morgan fingerprint density at radius 1 is 0.857 bits per heavy atom. The molecule has 4 aromatic rings. The van der Waals surface area contributed by atoms with Gasteiger partial charge in [-0.05, 0) is 86.1 Å². The Hall–Kier alpha value is -4.23. The molecule has 3 aromatic heterocycles. The van der Waals surface area contributed by atoms with E-state index >= 15 is 0 Å². The van der Waals surface area contributed by atoms with Gasteiger partial charge >= 0.3 is 12.4 Å². The van der Waals surface area contributed by atoms with E-state index in [-0.39, 0.29) is 42.0 Å². The molecule has 3 heterocycles. The summed E-state index contributed by atoms with van der Waals surface area (Å²) in [6, 6.07) is 1.58. The fraction of sp³-hybridized carbons (Fsp3) is 0.514. The van der Waals surface area contributed by atoms with Crippen LogP contribution in [0.2, 0.25) is 0 Å². The Morgan fingerprint density at radius 2 is 1.41 bits per heavy atom. The first kappa shape index (κ1) is 34.6. The number of Topliss-reactive ketones (excluding diaryl/α,β-unsaturated/α-hetero) is 1. The lowest BCUT2D eigenvalue weighted by Crippen LogP contribution is -2.34. The highest BCUT2D eigenvalue weighted by Crippen LogP contribution is 2.43. The summed E-state index contributed by atoms with van der Waals surface area (Å²) in [6.07, 6.45) is -2.98. The number of pyridine rings is 1. The predicted molar refractivity (Wildman–Crippen MR) is 173 cm³/mol. The first-order valence-electron chi connectivity index (χ1n) is 16.4. The Balaban J connectivity index is 1.55. The van der Waals surface area contributed by atoms with Gasteiger partial charge < -0.3 is 9.80 Å². The monoisotopic (exact) mass is 687 g/mol. The third-order valence-electron chi connectivity index (χ3n) is 9.06. The van der Waals surface area contributed by atoms with Crippen LogP contribution in [0.4, 0.5) is 38.1 Å². The van der Waals surface area contributed by atoms with Gasteiger partial charge in [-0.1, -0.05) is 20.8 Å². The van der Waals surface area contributed by atoms with Crippen LogP contribution in [0, 0.1) is 18.8 Å². The van der Waals surface area contributed by atoms with E-state index < -0.39 is 28.9 Å². The number of anilines is 2. The number of hydrogen-bond acceptors (Lipinski definition) is 7. The predicted octanol–water partition coefficient (Wildman–Crippen LogP) is 8.43. The van der Waals surface area contributed by atoms with E-state index in [1.54, 1.807) is 4.90 Å². The average molecular weight is 688 g/mol. The third kappa shape index (κ3) is 7.83. The Labute approximate surface area is 280 Å². The van der Waals surface area contributed by atoms with Crippen molar-refractivity contribution in [3.05, 3.63) is 69.7 Å². The number of aromatic nitrogens is 5. The van der Waals surface area contributed by atoms with Crippen LogP contribution in [-0.4, -0.2) is 44.0 Å². The molecule has 1 N–H and O–H groups in total. The van der Waals surface area contributed by atoms with E-state index in [1.807, 2.05) is 6.92 Å². The van der Waals surface area contributed by atoms with Crippen molar-refractivity contribution in [2.45, 2.75) is 91.2 Å². The van der Waals surface area contributed by atoms with Crippen LogP contribution < -0.4 is 9.80 Å². The molecular weight excluding hydrogens is 648 g/mol. The molecule has 0 amide bonds. The topological polar surface area (TPSA) is 90.9 Å². The molecule has 14 heteroatoms. The number of nitrogens with zero attached hydrogens (tertiary/aromatic N) is 6. The molecule has 0 unspecified atom stereocenters. The summed E-state index contributed by atoms with van der Waals surface area (Å²) in [5.41, 5.74) is -0.269. The second-order valence-electron chi connectivity index (χ2n) is 14.5. The highest BCUT2D eigenvalue weighted by Gasteiger charge is 2.38. The minimum absolute atomic E-state index is 0.0122. The number of aromatic amines is 1. The summed E-state index contributed by atoms with van der Waals surface area (Å²) in [7, 11) is 0. The number of nitrogens with one attached hydrogen (secondary N) is 1. The van der Waals surface area contributed by atoms with Crippen LogP contribution in [0.15, 0.2) is 30.6 Å². The Morgan fingerprint density at radius 3 is 1.88 bits per heavy atom. The van der Waals surface area contributed by atoms with Gasteiger partial charge in [0.05, 0.1) is 23.2 Å². The lowest BCUT2D eigenvalue weighted by Gasteiger charge is -2.34. The van der Waals surface area contributed by atoms with E-state index in [1.165, 1.54) is 19.3 Å². The van der Waals surface area contributed by atoms with E-state index in [0.717, 1.165) is 73.1 Å². The second kappa shape index (κ2) is 12.6. The van der Waals surface area contributed by atoms with Gasteiger partial charge in [0.1, 0.15) is 5.82 Å². The van der Waals surface area contributed by atoms with Crippen LogP contribution in [0.1, 0.15) is 97.2 Å². The minimum Gasteiger partial charge on any atom is -0.356 e. The molecule has 2 saturated carbocycles. The molecule has 0 saturated heterocycles. The maximum atomic E-state index is 13.9. The van der Waals surface area contributed by atoms with Gasteiger partial charge in [-0.25, -0.2) is 15.0 Å². The lowest BCUT2D eigenvalue weighted by atomic mass is 9.81. The highest BCUT2D eigenvalue weighted by molar-refractivity contribution is 5.93. The quantitative estimate of drug-likeness (QED) is 0.125. The van der Waals surface area contributed by atoms with Crippen molar-refractivity contribution >= 4 is 28.6 Å². The van der Waals surface area contributed by atoms with Gasteiger partial charge in [0.2, 0.25) is 5.95 Å². The number of fused-ring (bicyclic) bond motifs is 1. The van der Waals surface area contributed by atoms with Gasteiger partial charge in [0.15, 0.2) is 11.4 Å². The van der Waals surface area contributed by atoms with E-state index in [9.17, 15) is 31.1 Å². The van der Waals surface area contributed by atoms with Gasteiger partial charge in [0, 0.05) is 48.7 Å². The first-order chi connectivity index (χ1) is 22.9. The molecule has 0 aliphatic heterocycles. The maximum Gasteiger partial charge on any atom is 0.416 e. The van der Waals surface area contributed by atoms with Crippen molar-refractivity contribution in [1.29, 1.82) is 0 Å². The van der Waals surface area contributed by atoms with Gasteiger partial charge in [-0.15, -0.1) is 0 Å². The number of benzene rings is 1. The van der Waals surface area contributed by atoms with Crippen LogP contribution in [-0.2, 0) is 30.9 Å². The molecule has 1 aromatic carbocycles. The van der Waals surface area contributed by atoms with E-state index in [4.69, 9.17) is 4.98 Å². The van der Waals surface area contributed by atoms with Crippen molar-refractivity contribution in [2.24, 2.45) is 11.8 Å². The standard InChI is InChI=1S/C35H39F6N7O/c1-19-28-29(33(3,4)5)27(31(44-30(28)46-45-19)47(15-21-6-7-21)16-22-8-9-22)18-48(32-42-13-24(14-43-32)20(2)49)17-23-10-25(34(36,37)38)12-26(11-23)35(39,40)41/h10-14,21-22H,6-9,15-18H2,1-5H3,(H,44,45,46). The van der Waals surface area contributed by atoms with E-state index in [2.05, 4.69) is 45.8 Å². The van der Waals surface area contributed by atoms with E-state index in [0.29, 0.717) is 23.3 Å². The summed E-state index contributed by atoms with van der Waals surface area (Å²) >= 11 is 0. The van der Waals surface area contributed by atoms with Crippen molar-refractivity contribution in [1.82, 2.24) is 25.1 Å². The molecule has 6 rings (SSSR count). The zero-order valence-corrected chi connectivity index (χ0v) is 28.1. The van der Waals surface area contributed by atoms with Gasteiger partial charge in [-0.2, -0.15) is 31.4 Å². The summed E-state index contributed by atoms with van der Waals surface area (Å²) in [4.78, 5) is 29.7. The van der Waals surface area contributed by atoms with Crippen LogP contribution in [0.25, 0.3) is 11.0 Å². The number of alkyl halides is 6. The summed E-state index contributed by atoms with van der Waals surface area (Å²) in [6.45, 7) is 10.6. The van der Waals surface area contributed by atoms with Gasteiger partial charge in [-0.3, -0.25) is 9.89 Å². The van der Waals surface area contributed by atoms with Crippen molar-refractivity contribution in [3.8, 4) is 0 Å². The smallest absolute Gasteiger partial charge is 0.356 e. The minimum atomic E-state index is -5.01. The molecule has 0 atom stereocenters. The SMILES string of the molecule is CC(=O)c1cnc(N(Cc2cc(C(F)(F)F)cc(C(F)(F)F)c2)Cc2c(N(CC3CC3)CC3CC3)nc3n[nH]c(C)c3c2C(C)(C)C)nc1. The molecule has 0 bridgehead atoms. The van der Waals surface area contributed by atoms with Crippen molar-refractivity contribution in [3.63, 3.8) is 0 Å². The van der Waals surface area contributed by atoms with Crippen LogP contribution in [0.3, 0.4) is 0 Å². The normalized spacial score (nSPS) is 15.6. The number of H-pyrrole nitrogens is 1. The zero-order chi connectivity index (χ0) is 35.5. The molecule has 0 radical (unpaired) electrons. The lowest BCUT2D eigenvalue weighted by molar-refractivity contribution is -0.143. The highest BCUT2D eigenvalue weighted by atomic mass is 19.4. The van der Waals surface area contributed by atoms with Crippen LogP contribution in [0.5, 0.6) is 0 Å². The average Bonchev–Trinajstić information content (AvgIpc) is 3.95. The Bertz CT molecular complexity index is 1810. The summed E-state index contributed by atoms with van der Waals surface area (Å²) < 4.78 is 83.4. The first-order valence-corrected chi connectivity index (χ1v) is 16.4. The van der Waals surface area contributed by atoms with Crippen LogP contribution >= 0.6 is 0 Å². The van der Waals surface area contributed by atoms with Gasteiger partial charge in [0.25, 0.3) is 0 Å². The molecule has 0 spiro atoms. The number of carbonyl (C=O) groups is 1. The van der Waals surface area contributed by atoms with Crippen molar-refractivity contribution in [2.75, 3.05) is 22.9 Å². The maximum absolute atomic E-state index is 13.9. The zero-order valence-electron chi connectivity index (χ0n) is 28.1.